The first-order valence-electron chi connectivity index (χ1n) is 4.05. The van der Waals surface area contributed by atoms with Crippen LogP contribution in [0.5, 0.6) is 0 Å². The molecule has 0 saturated carbocycles. The van der Waals surface area contributed by atoms with Crippen LogP contribution >= 0.6 is 0 Å². The Balaban J connectivity index is 2.55. The van der Waals surface area contributed by atoms with Crippen LogP contribution in [0.15, 0.2) is 24.3 Å². The molecule has 0 fully saturated rings. The van der Waals surface area contributed by atoms with Crippen LogP contribution in [0.1, 0.15) is 28.8 Å². The zero-order chi connectivity index (χ0) is 8.55. The van der Waals surface area contributed by atoms with E-state index in [9.17, 15) is 4.79 Å². The molecule has 0 aliphatic carbocycles. The molecule has 0 unspecified atom stereocenters. The van der Waals surface area contributed by atoms with Crippen molar-refractivity contribution < 1.29 is 9.53 Å². The lowest BCUT2D eigenvalue weighted by Gasteiger charge is -2.21. The van der Waals surface area contributed by atoms with Gasteiger partial charge in [-0.15, -0.1) is 0 Å². The Kier molecular flexibility index (Phi) is 1.61. The summed E-state index contributed by atoms with van der Waals surface area (Å²) in [5.74, 6) is 0.141. The summed E-state index contributed by atoms with van der Waals surface area (Å²) in [6, 6.07) is 7.61. The van der Waals surface area contributed by atoms with Crippen molar-refractivity contribution in [2.45, 2.75) is 12.8 Å². The standard InChI is InChI=1S/C10H10O2/c1-7-6-12-10(11)9-5-3-2-4-8(7)9/h2-5,7H,6H2,1H3/t7-/m1/s1. The van der Waals surface area contributed by atoms with Crippen LogP contribution in [-0.4, -0.2) is 12.6 Å². The van der Waals surface area contributed by atoms with E-state index < -0.39 is 0 Å². The number of cyclic esters (lactones) is 1. The highest BCUT2D eigenvalue weighted by Crippen LogP contribution is 2.25. The Hall–Kier alpha value is -1.31. The third-order valence-electron chi connectivity index (χ3n) is 2.18. The highest BCUT2D eigenvalue weighted by molar-refractivity contribution is 5.92. The molecule has 62 valence electrons. The Morgan fingerprint density at radius 2 is 2.17 bits per heavy atom. The summed E-state index contributed by atoms with van der Waals surface area (Å²) in [7, 11) is 0. The summed E-state index contributed by atoms with van der Waals surface area (Å²) < 4.78 is 4.98. The summed E-state index contributed by atoms with van der Waals surface area (Å²) in [4.78, 5) is 11.2. The second kappa shape index (κ2) is 2.63. The van der Waals surface area contributed by atoms with Gasteiger partial charge in [0.25, 0.3) is 0 Å². The maximum atomic E-state index is 11.2. The van der Waals surface area contributed by atoms with Gasteiger partial charge in [0.15, 0.2) is 0 Å². The molecule has 2 heteroatoms. The lowest BCUT2D eigenvalue weighted by atomic mass is 9.94. The molecule has 1 heterocycles. The molecule has 1 atom stereocenters. The Morgan fingerprint density at radius 3 is 2.92 bits per heavy atom. The average Bonchev–Trinajstić information content (AvgIpc) is 2.12. The fraction of sp³-hybridized carbons (Fsp3) is 0.300. The van der Waals surface area contributed by atoms with Gasteiger partial charge >= 0.3 is 5.97 Å². The second-order valence-corrected chi connectivity index (χ2v) is 3.09. The molecular weight excluding hydrogens is 152 g/mol. The van der Waals surface area contributed by atoms with Gasteiger partial charge in [-0.05, 0) is 11.6 Å². The van der Waals surface area contributed by atoms with Crippen LogP contribution in [0.25, 0.3) is 0 Å². The number of hydrogen-bond acceptors (Lipinski definition) is 2. The van der Waals surface area contributed by atoms with E-state index in [0.717, 1.165) is 11.1 Å². The van der Waals surface area contributed by atoms with Gasteiger partial charge in [0.05, 0.1) is 12.2 Å². The molecule has 2 nitrogen and oxygen atoms in total. The minimum absolute atomic E-state index is 0.191. The summed E-state index contributed by atoms with van der Waals surface area (Å²) in [5.41, 5.74) is 1.82. The minimum atomic E-state index is -0.191. The second-order valence-electron chi connectivity index (χ2n) is 3.09. The van der Waals surface area contributed by atoms with Crippen molar-refractivity contribution in [2.75, 3.05) is 6.61 Å². The van der Waals surface area contributed by atoms with Gasteiger partial charge in [-0.1, -0.05) is 25.1 Å². The van der Waals surface area contributed by atoms with Crippen molar-refractivity contribution >= 4 is 5.97 Å². The van der Waals surface area contributed by atoms with E-state index in [-0.39, 0.29) is 5.97 Å². The third kappa shape index (κ3) is 0.998. The van der Waals surface area contributed by atoms with Crippen LogP contribution in [0.3, 0.4) is 0 Å². The van der Waals surface area contributed by atoms with Crippen molar-refractivity contribution in [2.24, 2.45) is 0 Å². The van der Waals surface area contributed by atoms with Crippen molar-refractivity contribution in [1.29, 1.82) is 0 Å². The molecule has 0 radical (unpaired) electrons. The Labute approximate surface area is 71.2 Å². The number of rotatable bonds is 0. The first-order chi connectivity index (χ1) is 5.79. The zero-order valence-electron chi connectivity index (χ0n) is 6.91. The lowest BCUT2D eigenvalue weighted by Crippen LogP contribution is -2.20. The van der Waals surface area contributed by atoms with Gasteiger partial charge in [-0.25, -0.2) is 4.79 Å². The van der Waals surface area contributed by atoms with E-state index in [1.807, 2.05) is 24.3 Å². The normalized spacial score (nSPS) is 21.4. The molecule has 1 aromatic rings. The molecule has 1 aliphatic heterocycles. The van der Waals surface area contributed by atoms with Gasteiger partial charge in [-0.2, -0.15) is 0 Å². The molecule has 0 aromatic heterocycles. The predicted molar refractivity (Wildman–Crippen MR) is 45.1 cm³/mol. The Bertz CT molecular complexity index is 317. The van der Waals surface area contributed by atoms with E-state index in [2.05, 4.69) is 6.92 Å². The van der Waals surface area contributed by atoms with Gasteiger partial charge in [0, 0.05) is 5.92 Å². The minimum Gasteiger partial charge on any atom is -0.461 e. The number of carbonyl (C=O) groups is 1. The predicted octanol–water partition coefficient (Wildman–Crippen LogP) is 1.96. The monoisotopic (exact) mass is 162 g/mol. The number of carbonyl (C=O) groups excluding carboxylic acids is 1. The number of esters is 1. The van der Waals surface area contributed by atoms with Gasteiger partial charge < -0.3 is 4.74 Å². The Morgan fingerprint density at radius 1 is 1.42 bits per heavy atom. The molecule has 1 aliphatic rings. The van der Waals surface area contributed by atoms with Crippen LogP contribution in [0.2, 0.25) is 0 Å². The number of hydrogen-bond donors (Lipinski definition) is 0. The summed E-state index contributed by atoms with van der Waals surface area (Å²) in [6.45, 7) is 2.57. The van der Waals surface area contributed by atoms with E-state index in [1.165, 1.54) is 0 Å². The molecule has 12 heavy (non-hydrogen) atoms. The van der Waals surface area contributed by atoms with Crippen molar-refractivity contribution in [3.8, 4) is 0 Å². The average molecular weight is 162 g/mol. The summed E-state index contributed by atoms with van der Waals surface area (Å²) in [6.07, 6.45) is 0. The highest BCUT2D eigenvalue weighted by atomic mass is 16.5. The van der Waals surface area contributed by atoms with Crippen LogP contribution in [0, 0.1) is 0 Å². The van der Waals surface area contributed by atoms with Crippen molar-refractivity contribution in [1.82, 2.24) is 0 Å². The number of fused-ring (bicyclic) bond motifs is 1. The topological polar surface area (TPSA) is 26.3 Å². The van der Waals surface area contributed by atoms with Crippen LogP contribution < -0.4 is 0 Å². The molecule has 2 rings (SSSR count). The number of ether oxygens (including phenoxy) is 1. The van der Waals surface area contributed by atoms with Gasteiger partial charge in [0.1, 0.15) is 0 Å². The largest absolute Gasteiger partial charge is 0.461 e. The van der Waals surface area contributed by atoms with Gasteiger partial charge in [-0.3, -0.25) is 0 Å². The van der Waals surface area contributed by atoms with Crippen LogP contribution in [-0.2, 0) is 4.74 Å². The molecule has 0 bridgehead atoms. The fourth-order valence-electron chi connectivity index (χ4n) is 1.48. The zero-order valence-corrected chi connectivity index (χ0v) is 6.91. The van der Waals surface area contributed by atoms with E-state index in [0.29, 0.717) is 12.5 Å². The van der Waals surface area contributed by atoms with E-state index in [1.54, 1.807) is 0 Å². The molecule has 0 saturated heterocycles. The van der Waals surface area contributed by atoms with Crippen molar-refractivity contribution in [3.05, 3.63) is 35.4 Å². The number of benzene rings is 1. The molecular formula is C10H10O2. The van der Waals surface area contributed by atoms with Crippen LogP contribution in [0.4, 0.5) is 0 Å². The molecule has 0 N–H and O–H groups in total. The molecule has 0 spiro atoms. The maximum absolute atomic E-state index is 11.2. The smallest absolute Gasteiger partial charge is 0.338 e. The van der Waals surface area contributed by atoms with Gasteiger partial charge in [0.2, 0.25) is 0 Å². The third-order valence-corrected chi connectivity index (χ3v) is 2.18. The van der Waals surface area contributed by atoms with E-state index >= 15 is 0 Å². The first kappa shape index (κ1) is 7.35. The fourth-order valence-corrected chi connectivity index (χ4v) is 1.48. The lowest BCUT2D eigenvalue weighted by molar-refractivity contribution is 0.0449. The quantitative estimate of drug-likeness (QED) is 0.545. The summed E-state index contributed by atoms with van der Waals surface area (Å²) in [5, 5.41) is 0. The molecule has 0 amide bonds. The SMILES string of the molecule is C[C@@H]1COC(=O)c2ccccc21. The first-order valence-corrected chi connectivity index (χ1v) is 4.05. The van der Waals surface area contributed by atoms with E-state index in [4.69, 9.17) is 4.74 Å². The maximum Gasteiger partial charge on any atom is 0.338 e. The van der Waals surface area contributed by atoms with Crippen molar-refractivity contribution in [3.63, 3.8) is 0 Å². The summed E-state index contributed by atoms with van der Waals surface area (Å²) >= 11 is 0. The highest BCUT2D eigenvalue weighted by Gasteiger charge is 2.22. The molecule has 1 aromatic carbocycles.